The Kier molecular flexibility index (Phi) is 6.32. The van der Waals surface area contributed by atoms with Crippen LogP contribution in [0.2, 0.25) is 0 Å². The van der Waals surface area contributed by atoms with Gasteiger partial charge in [-0.3, -0.25) is 4.79 Å². The van der Waals surface area contributed by atoms with E-state index in [1.807, 2.05) is 24.3 Å². The van der Waals surface area contributed by atoms with Gasteiger partial charge in [-0.2, -0.15) is 0 Å². The number of Topliss-reactive ketones (excluding diaryl/α,β-unsaturated/α-hetero) is 1. The maximum atomic E-state index is 13.7. The van der Waals surface area contributed by atoms with Gasteiger partial charge in [-0.05, 0) is 43.2 Å². The molecule has 0 radical (unpaired) electrons. The van der Waals surface area contributed by atoms with Crippen LogP contribution >= 0.6 is 0 Å². The standard InChI is InChI=1S/C19H21FO4/c1-3-14-4-6-16(7-5-14)23-11-15(22)12-24-17-8-9-18(13(2)21)19(20)10-17/h4-10,15,22H,3,11-12H2,1-2H3. The van der Waals surface area contributed by atoms with Crippen molar-refractivity contribution in [2.24, 2.45) is 0 Å². The lowest BCUT2D eigenvalue weighted by molar-refractivity contribution is 0.0625. The Bertz CT molecular complexity index is 682. The highest BCUT2D eigenvalue weighted by atomic mass is 19.1. The molecule has 128 valence electrons. The number of carbonyl (C=O) groups is 1. The van der Waals surface area contributed by atoms with E-state index in [0.29, 0.717) is 5.75 Å². The van der Waals surface area contributed by atoms with E-state index in [9.17, 15) is 14.3 Å². The summed E-state index contributed by atoms with van der Waals surface area (Å²) in [5.74, 6) is -0.0599. The molecule has 0 aliphatic rings. The van der Waals surface area contributed by atoms with Crippen LogP contribution in [-0.2, 0) is 6.42 Å². The van der Waals surface area contributed by atoms with Crippen LogP contribution in [0.3, 0.4) is 0 Å². The molecule has 0 amide bonds. The molecule has 0 saturated heterocycles. The second-order valence-electron chi connectivity index (χ2n) is 5.47. The monoisotopic (exact) mass is 332 g/mol. The smallest absolute Gasteiger partial charge is 0.162 e. The zero-order valence-corrected chi connectivity index (χ0v) is 13.8. The average Bonchev–Trinajstić information content (AvgIpc) is 2.58. The zero-order valence-electron chi connectivity index (χ0n) is 13.8. The number of benzene rings is 2. The lowest BCUT2D eigenvalue weighted by Crippen LogP contribution is -2.25. The lowest BCUT2D eigenvalue weighted by atomic mass is 10.1. The molecular formula is C19H21FO4. The van der Waals surface area contributed by atoms with Gasteiger partial charge in [-0.15, -0.1) is 0 Å². The molecule has 1 N–H and O–H groups in total. The molecular weight excluding hydrogens is 311 g/mol. The van der Waals surface area contributed by atoms with E-state index in [-0.39, 0.29) is 30.3 Å². The Morgan fingerprint density at radius 2 is 1.67 bits per heavy atom. The van der Waals surface area contributed by atoms with Crippen LogP contribution in [0.5, 0.6) is 11.5 Å². The van der Waals surface area contributed by atoms with Crippen molar-refractivity contribution in [3.8, 4) is 11.5 Å². The molecule has 0 aliphatic heterocycles. The predicted molar refractivity (Wildman–Crippen MR) is 89.2 cm³/mol. The number of rotatable bonds is 8. The Labute approximate surface area is 140 Å². The summed E-state index contributed by atoms with van der Waals surface area (Å²) in [5.41, 5.74) is 1.23. The predicted octanol–water partition coefficient (Wildman–Crippen LogP) is 3.41. The number of carbonyl (C=O) groups excluding carboxylic acids is 1. The fraction of sp³-hybridized carbons (Fsp3) is 0.316. The maximum Gasteiger partial charge on any atom is 0.162 e. The quantitative estimate of drug-likeness (QED) is 0.753. The van der Waals surface area contributed by atoms with Gasteiger partial charge in [0.25, 0.3) is 0 Å². The number of hydrogen-bond acceptors (Lipinski definition) is 4. The molecule has 4 nitrogen and oxygen atoms in total. The minimum atomic E-state index is -0.855. The Morgan fingerprint density at radius 3 is 2.21 bits per heavy atom. The molecule has 2 aromatic rings. The minimum Gasteiger partial charge on any atom is -0.491 e. The van der Waals surface area contributed by atoms with Crippen molar-refractivity contribution in [1.29, 1.82) is 0 Å². The summed E-state index contributed by atoms with van der Waals surface area (Å²) in [7, 11) is 0. The summed E-state index contributed by atoms with van der Waals surface area (Å²) < 4.78 is 24.5. The third kappa shape index (κ3) is 5.06. The van der Waals surface area contributed by atoms with Gasteiger partial charge < -0.3 is 14.6 Å². The number of aliphatic hydroxyl groups is 1. The van der Waals surface area contributed by atoms with Gasteiger partial charge in [0.1, 0.15) is 36.6 Å². The molecule has 0 heterocycles. The number of aryl methyl sites for hydroxylation is 1. The SMILES string of the molecule is CCc1ccc(OCC(O)COc2ccc(C(C)=O)c(F)c2)cc1. The topological polar surface area (TPSA) is 55.8 Å². The Morgan fingerprint density at radius 1 is 1.08 bits per heavy atom. The van der Waals surface area contributed by atoms with E-state index in [1.165, 1.54) is 24.6 Å². The van der Waals surface area contributed by atoms with Crippen molar-refractivity contribution < 1.29 is 23.8 Å². The molecule has 24 heavy (non-hydrogen) atoms. The van der Waals surface area contributed by atoms with E-state index in [2.05, 4.69) is 6.92 Å². The summed E-state index contributed by atoms with van der Waals surface area (Å²) in [5, 5.41) is 9.89. The van der Waals surface area contributed by atoms with Gasteiger partial charge in [0.2, 0.25) is 0 Å². The van der Waals surface area contributed by atoms with Crippen LogP contribution in [0.15, 0.2) is 42.5 Å². The van der Waals surface area contributed by atoms with E-state index in [4.69, 9.17) is 9.47 Å². The molecule has 2 rings (SSSR count). The molecule has 1 unspecified atom stereocenters. The van der Waals surface area contributed by atoms with Gasteiger partial charge in [0.05, 0.1) is 5.56 Å². The first-order valence-electron chi connectivity index (χ1n) is 7.82. The molecule has 5 heteroatoms. The zero-order chi connectivity index (χ0) is 17.5. The second-order valence-corrected chi connectivity index (χ2v) is 5.47. The van der Waals surface area contributed by atoms with Gasteiger partial charge >= 0.3 is 0 Å². The lowest BCUT2D eigenvalue weighted by Gasteiger charge is -2.14. The van der Waals surface area contributed by atoms with Crippen LogP contribution in [0.25, 0.3) is 0 Å². The van der Waals surface area contributed by atoms with E-state index in [1.54, 1.807) is 0 Å². The largest absolute Gasteiger partial charge is 0.491 e. The molecule has 0 bridgehead atoms. The summed E-state index contributed by atoms with van der Waals surface area (Å²) in [6.45, 7) is 3.40. The third-order valence-corrected chi connectivity index (χ3v) is 3.54. The van der Waals surface area contributed by atoms with Gasteiger partial charge in [-0.1, -0.05) is 19.1 Å². The van der Waals surface area contributed by atoms with Gasteiger partial charge in [0.15, 0.2) is 5.78 Å². The first-order valence-corrected chi connectivity index (χ1v) is 7.82. The summed E-state index contributed by atoms with van der Waals surface area (Å²) in [4.78, 5) is 11.2. The highest BCUT2D eigenvalue weighted by molar-refractivity contribution is 5.94. The van der Waals surface area contributed by atoms with Crippen molar-refractivity contribution in [2.75, 3.05) is 13.2 Å². The van der Waals surface area contributed by atoms with Gasteiger partial charge in [0, 0.05) is 6.07 Å². The van der Waals surface area contributed by atoms with Crippen LogP contribution in [0, 0.1) is 5.82 Å². The van der Waals surface area contributed by atoms with Crippen LogP contribution in [0.1, 0.15) is 29.8 Å². The van der Waals surface area contributed by atoms with Crippen molar-refractivity contribution in [2.45, 2.75) is 26.4 Å². The van der Waals surface area contributed by atoms with E-state index >= 15 is 0 Å². The summed E-state index contributed by atoms with van der Waals surface area (Å²) >= 11 is 0. The van der Waals surface area contributed by atoms with E-state index in [0.717, 1.165) is 12.5 Å². The summed E-state index contributed by atoms with van der Waals surface area (Å²) in [6.07, 6.45) is 0.0989. The minimum absolute atomic E-state index is 0.0155. The highest BCUT2D eigenvalue weighted by Gasteiger charge is 2.10. The Hall–Kier alpha value is -2.40. The van der Waals surface area contributed by atoms with Crippen molar-refractivity contribution in [3.63, 3.8) is 0 Å². The number of hydrogen-bond donors (Lipinski definition) is 1. The average molecular weight is 332 g/mol. The number of ether oxygens (including phenoxy) is 2. The van der Waals surface area contributed by atoms with Crippen LogP contribution < -0.4 is 9.47 Å². The first-order chi connectivity index (χ1) is 11.5. The van der Waals surface area contributed by atoms with Crippen molar-refractivity contribution in [1.82, 2.24) is 0 Å². The Balaban J connectivity index is 1.81. The molecule has 0 spiro atoms. The number of halogens is 1. The van der Waals surface area contributed by atoms with Crippen molar-refractivity contribution in [3.05, 3.63) is 59.4 Å². The normalized spacial score (nSPS) is 11.8. The molecule has 0 aromatic heterocycles. The number of ketones is 1. The summed E-state index contributed by atoms with van der Waals surface area (Å²) in [6, 6.07) is 11.6. The van der Waals surface area contributed by atoms with Crippen molar-refractivity contribution >= 4 is 5.78 Å². The molecule has 0 aliphatic carbocycles. The fourth-order valence-electron chi connectivity index (χ4n) is 2.13. The van der Waals surface area contributed by atoms with Crippen LogP contribution in [0.4, 0.5) is 4.39 Å². The second kappa shape index (κ2) is 8.45. The first kappa shape index (κ1) is 17.9. The molecule has 1 atom stereocenters. The van der Waals surface area contributed by atoms with E-state index < -0.39 is 11.9 Å². The molecule has 0 fully saturated rings. The molecule has 2 aromatic carbocycles. The number of aliphatic hydroxyl groups excluding tert-OH is 1. The third-order valence-electron chi connectivity index (χ3n) is 3.54. The van der Waals surface area contributed by atoms with Crippen LogP contribution in [-0.4, -0.2) is 30.2 Å². The fourth-order valence-corrected chi connectivity index (χ4v) is 2.13. The highest BCUT2D eigenvalue weighted by Crippen LogP contribution is 2.17. The maximum absolute atomic E-state index is 13.7. The van der Waals surface area contributed by atoms with Gasteiger partial charge in [-0.25, -0.2) is 4.39 Å². The molecule has 0 saturated carbocycles.